The van der Waals surface area contributed by atoms with Gasteiger partial charge in [0.15, 0.2) is 0 Å². The van der Waals surface area contributed by atoms with Gasteiger partial charge in [-0.3, -0.25) is 4.99 Å². The first-order valence-corrected chi connectivity index (χ1v) is 11.3. The van der Waals surface area contributed by atoms with Crippen LogP contribution >= 0.6 is 11.6 Å². The monoisotopic (exact) mass is 424 g/mol. The minimum atomic E-state index is -3.72. The molecule has 0 bridgehead atoms. The molecule has 0 saturated heterocycles. The first-order valence-electron chi connectivity index (χ1n) is 9.44. The van der Waals surface area contributed by atoms with Crippen LogP contribution in [0.3, 0.4) is 0 Å². The molecule has 0 radical (unpaired) electrons. The van der Waals surface area contributed by atoms with Crippen molar-refractivity contribution >= 4 is 27.5 Å². The van der Waals surface area contributed by atoms with Crippen LogP contribution in [0.15, 0.2) is 88.8 Å². The number of amidine groups is 1. The van der Waals surface area contributed by atoms with Crippen molar-refractivity contribution in [3.8, 4) is 0 Å². The van der Waals surface area contributed by atoms with E-state index in [0.717, 1.165) is 16.7 Å². The van der Waals surface area contributed by atoms with E-state index in [4.69, 9.17) is 16.6 Å². The van der Waals surface area contributed by atoms with E-state index in [0.29, 0.717) is 23.8 Å². The van der Waals surface area contributed by atoms with E-state index in [2.05, 4.69) is 0 Å². The molecule has 1 aliphatic rings. The van der Waals surface area contributed by atoms with Crippen LogP contribution in [0.4, 0.5) is 0 Å². The van der Waals surface area contributed by atoms with E-state index in [1.54, 1.807) is 12.1 Å². The quantitative estimate of drug-likeness (QED) is 0.575. The van der Waals surface area contributed by atoms with Gasteiger partial charge in [-0.1, -0.05) is 77.8 Å². The summed E-state index contributed by atoms with van der Waals surface area (Å²) in [6.07, 6.45) is 0.561. The molecule has 0 fully saturated rings. The van der Waals surface area contributed by atoms with E-state index in [9.17, 15) is 8.42 Å². The number of halogens is 1. The molecule has 0 N–H and O–H groups in total. The first kappa shape index (κ1) is 19.7. The zero-order valence-corrected chi connectivity index (χ0v) is 17.6. The van der Waals surface area contributed by atoms with Gasteiger partial charge in [-0.05, 0) is 37.1 Å². The lowest BCUT2D eigenvalue weighted by Crippen LogP contribution is -2.41. The molecule has 4 rings (SSSR count). The Labute approximate surface area is 176 Å². The van der Waals surface area contributed by atoms with Crippen LogP contribution in [0.2, 0.25) is 5.02 Å². The van der Waals surface area contributed by atoms with E-state index in [1.807, 2.05) is 73.7 Å². The zero-order valence-electron chi connectivity index (χ0n) is 16.0. The highest BCUT2D eigenvalue weighted by atomic mass is 35.5. The number of nitrogens with zero attached hydrogens (tertiary/aromatic N) is 2. The van der Waals surface area contributed by atoms with Crippen molar-refractivity contribution < 1.29 is 8.42 Å². The Kier molecular flexibility index (Phi) is 5.43. The average Bonchev–Trinajstić information content (AvgIpc) is 2.74. The molecule has 0 saturated carbocycles. The minimum Gasteiger partial charge on any atom is -0.259 e. The smallest absolute Gasteiger partial charge is 0.259 e. The molecular formula is C23H21ClN2O2S. The average molecular weight is 425 g/mol. The summed E-state index contributed by atoms with van der Waals surface area (Å²) < 4.78 is 28.2. The number of benzene rings is 3. The predicted octanol–water partition coefficient (Wildman–Crippen LogP) is 5.23. The third-order valence-corrected chi connectivity index (χ3v) is 7.17. The van der Waals surface area contributed by atoms with Crippen molar-refractivity contribution in [2.45, 2.75) is 24.3 Å². The van der Waals surface area contributed by atoms with Crippen molar-refractivity contribution in [2.24, 2.45) is 4.99 Å². The van der Waals surface area contributed by atoms with Gasteiger partial charge in [0, 0.05) is 17.1 Å². The van der Waals surface area contributed by atoms with Crippen LogP contribution in [-0.4, -0.2) is 25.1 Å². The predicted molar refractivity (Wildman–Crippen MR) is 117 cm³/mol. The largest absolute Gasteiger partial charge is 0.265 e. The van der Waals surface area contributed by atoms with Crippen molar-refractivity contribution in [1.82, 2.24) is 4.31 Å². The molecule has 0 amide bonds. The summed E-state index contributed by atoms with van der Waals surface area (Å²) in [5.74, 6) is 0.447. The molecule has 3 aromatic carbocycles. The van der Waals surface area contributed by atoms with Crippen LogP contribution in [0, 0.1) is 6.92 Å². The van der Waals surface area contributed by atoms with Crippen molar-refractivity contribution in [3.63, 3.8) is 0 Å². The lowest BCUT2D eigenvalue weighted by atomic mass is 10.0. The molecule has 1 heterocycles. The molecule has 0 aromatic heterocycles. The Morgan fingerprint density at radius 2 is 1.59 bits per heavy atom. The summed E-state index contributed by atoms with van der Waals surface area (Å²) in [4.78, 5) is 5.12. The SMILES string of the molecule is Cc1ccc(S(=O)(=O)N2CCC(c3ccccc3Cl)N=C2c2ccccc2)cc1. The van der Waals surface area contributed by atoms with Crippen LogP contribution in [0.25, 0.3) is 0 Å². The summed E-state index contributed by atoms with van der Waals surface area (Å²) in [6, 6.07) is 23.7. The highest BCUT2D eigenvalue weighted by Crippen LogP contribution is 2.34. The summed E-state index contributed by atoms with van der Waals surface area (Å²) in [7, 11) is -3.72. The molecule has 29 heavy (non-hydrogen) atoms. The molecule has 6 heteroatoms. The van der Waals surface area contributed by atoms with Gasteiger partial charge in [-0.2, -0.15) is 0 Å². The Bertz CT molecular complexity index is 1140. The zero-order chi connectivity index (χ0) is 20.4. The highest BCUT2D eigenvalue weighted by molar-refractivity contribution is 7.89. The van der Waals surface area contributed by atoms with Crippen molar-refractivity contribution in [1.29, 1.82) is 0 Å². The Balaban J connectivity index is 1.81. The number of hydrogen-bond donors (Lipinski definition) is 0. The number of sulfonamides is 1. The maximum atomic E-state index is 13.4. The fourth-order valence-corrected chi connectivity index (χ4v) is 5.19. The van der Waals surface area contributed by atoms with Gasteiger partial charge < -0.3 is 0 Å². The van der Waals surface area contributed by atoms with Gasteiger partial charge in [0.1, 0.15) is 5.84 Å². The number of aryl methyl sites for hydroxylation is 1. The van der Waals surface area contributed by atoms with Crippen molar-refractivity contribution in [3.05, 3.63) is 101 Å². The highest BCUT2D eigenvalue weighted by Gasteiger charge is 2.33. The van der Waals surface area contributed by atoms with E-state index < -0.39 is 10.0 Å². The molecular weight excluding hydrogens is 404 g/mol. The second-order valence-corrected chi connectivity index (χ2v) is 9.30. The lowest BCUT2D eigenvalue weighted by Gasteiger charge is -2.32. The van der Waals surface area contributed by atoms with E-state index in [1.165, 1.54) is 4.31 Å². The summed E-state index contributed by atoms with van der Waals surface area (Å²) in [5, 5.41) is 0.642. The normalized spacial score (nSPS) is 17.1. The second kappa shape index (κ2) is 8.01. The molecule has 1 atom stereocenters. The first-order chi connectivity index (χ1) is 14.0. The summed E-state index contributed by atoms with van der Waals surface area (Å²) in [5.41, 5.74) is 2.69. The van der Waals surface area contributed by atoms with Crippen LogP contribution in [-0.2, 0) is 10.0 Å². The maximum absolute atomic E-state index is 13.4. The van der Waals surface area contributed by atoms with Gasteiger partial charge >= 0.3 is 0 Å². The lowest BCUT2D eigenvalue weighted by molar-refractivity contribution is 0.466. The number of rotatable bonds is 4. The van der Waals surface area contributed by atoms with Crippen molar-refractivity contribution in [2.75, 3.05) is 6.54 Å². The molecule has 4 nitrogen and oxygen atoms in total. The van der Waals surface area contributed by atoms with E-state index in [-0.39, 0.29) is 10.9 Å². The minimum absolute atomic E-state index is 0.191. The van der Waals surface area contributed by atoms with Gasteiger partial charge in [0.25, 0.3) is 10.0 Å². The summed E-state index contributed by atoms with van der Waals surface area (Å²) in [6.45, 7) is 2.27. The van der Waals surface area contributed by atoms with Crippen LogP contribution in [0.1, 0.15) is 29.2 Å². The van der Waals surface area contributed by atoms with Gasteiger partial charge in [0.2, 0.25) is 0 Å². The number of hydrogen-bond acceptors (Lipinski definition) is 3. The number of aliphatic imine (C=N–C) groups is 1. The summed E-state index contributed by atoms with van der Waals surface area (Å²) >= 11 is 6.39. The second-order valence-electron chi connectivity index (χ2n) is 7.03. The standard InChI is InChI=1S/C23H21ClN2O2S/c1-17-11-13-19(14-12-17)29(27,28)26-16-15-22(20-9-5-6-10-21(20)24)25-23(26)18-7-3-2-4-8-18/h2-14,22H,15-16H2,1H3. The molecule has 3 aromatic rings. The molecule has 148 valence electrons. The van der Waals surface area contributed by atoms with Crippen LogP contribution < -0.4 is 0 Å². The topological polar surface area (TPSA) is 49.7 Å². The Morgan fingerprint density at radius 3 is 2.28 bits per heavy atom. The third-order valence-electron chi connectivity index (χ3n) is 5.03. The maximum Gasteiger partial charge on any atom is 0.265 e. The third kappa shape index (κ3) is 3.93. The van der Waals surface area contributed by atoms with E-state index >= 15 is 0 Å². The van der Waals surface area contributed by atoms with Gasteiger partial charge in [0.05, 0.1) is 10.9 Å². The van der Waals surface area contributed by atoms with Gasteiger partial charge in [-0.25, -0.2) is 12.7 Å². The Hall–Kier alpha value is -2.63. The Morgan fingerprint density at radius 1 is 0.931 bits per heavy atom. The van der Waals surface area contributed by atoms with Gasteiger partial charge in [-0.15, -0.1) is 0 Å². The fraction of sp³-hybridized carbons (Fsp3) is 0.174. The molecule has 0 aliphatic carbocycles. The van der Waals surface area contributed by atoms with Crippen LogP contribution in [0.5, 0.6) is 0 Å². The molecule has 1 unspecified atom stereocenters. The molecule has 1 aliphatic heterocycles. The fourth-order valence-electron chi connectivity index (χ4n) is 3.47. The molecule has 0 spiro atoms.